The van der Waals surface area contributed by atoms with E-state index in [0.29, 0.717) is 22.3 Å². The predicted molar refractivity (Wildman–Crippen MR) is 211 cm³/mol. The van der Waals surface area contributed by atoms with Crippen LogP contribution in [0.1, 0.15) is 6.92 Å². The average molecular weight is 949 g/mol. The second kappa shape index (κ2) is 37.8. The van der Waals surface area contributed by atoms with Gasteiger partial charge in [0.2, 0.25) is 0 Å². The van der Waals surface area contributed by atoms with Crippen LogP contribution in [0, 0.1) is 10.2 Å². The second-order valence-corrected chi connectivity index (χ2v) is 11.5. The van der Waals surface area contributed by atoms with Gasteiger partial charge in [-0.1, -0.05) is 121 Å². The van der Waals surface area contributed by atoms with Crippen LogP contribution in [0.4, 0.5) is 0 Å². The van der Waals surface area contributed by atoms with Crippen LogP contribution in [0.25, 0.3) is 22.3 Å². The van der Waals surface area contributed by atoms with Crippen LogP contribution in [-0.2, 0) is 34.1 Å². The summed E-state index contributed by atoms with van der Waals surface area (Å²) < 4.78 is 34.0. The zero-order chi connectivity index (χ0) is 44.1. The van der Waals surface area contributed by atoms with Gasteiger partial charge in [-0.2, -0.15) is 0 Å². The van der Waals surface area contributed by atoms with Crippen LogP contribution in [-0.4, -0.2) is 31.6 Å². The maximum Gasteiger partial charge on any atom is 3.00 e. The molecule has 13 nitrogen and oxygen atoms in total. The quantitative estimate of drug-likeness (QED) is 0.245. The first-order valence-corrected chi connectivity index (χ1v) is 18.9. The molecule has 325 valence electrons. The van der Waals surface area contributed by atoms with Gasteiger partial charge in [0.25, 0.3) is 0 Å². The van der Waals surface area contributed by atoms with Crippen molar-refractivity contribution >= 4 is 0 Å². The topological polar surface area (TPSA) is 256 Å². The molecule has 0 saturated carbocycles. The molecular formula is C46H42ClCuMnN4O9. The van der Waals surface area contributed by atoms with Crippen LogP contribution in [0.3, 0.4) is 0 Å². The van der Waals surface area contributed by atoms with Gasteiger partial charge in [-0.05, 0) is 77.7 Å². The number of halogens is 1. The van der Waals surface area contributed by atoms with Gasteiger partial charge >= 0.3 is 34.1 Å². The summed E-state index contributed by atoms with van der Waals surface area (Å²) in [6.07, 6.45) is 14.0. The third-order valence-corrected chi connectivity index (χ3v) is 6.39. The number of aliphatic hydroxyl groups excluding tert-OH is 1. The normalized spacial score (nSPS) is 8.87. The Labute approximate surface area is 384 Å². The van der Waals surface area contributed by atoms with Crippen molar-refractivity contribution in [2.45, 2.75) is 6.92 Å². The molecule has 8 aromatic rings. The van der Waals surface area contributed by atoms with Crippen molar-refractivity contribution in [3.05, 3.63) is 219 Å². The fourth-order valence-corrected chi connectivity index (χ4v) is 4.01. The SMILES string of the molecule is CCO.[Cu+2].[Mn+3].[O-][Cl+3]([O-])([O-])[O-].[O-]c1ccccc1-c1ccccc1[O-].[O-]c1ccccc1-c1ccccc1[O-].c1ccncc1.c1ccncc1.c1ccncc1.c1ccncc1. The maximum atomic E-state index is 11.4. The number of nitrogens with zero attached hydrogens (tertiary/aromatic N) is 4. The molecular weight excluding hydrogens is 906 g/mol. The monoisotopic (exact) mass is 947 g/mol. The van der Waals surface area contributed by atoms with Crippen molar-refractivity contribution in [3.63, 3.8) is 0 Å². The van der Waals surface area contributed by atoms with Gasteiger partial charge in [-0.25, -0.2) is 18.6 Å². The summed E-state index contributed by atoms with van der Waals surface area (Å²) in [7, 11) is -4.94. The van der Waals surface area contributed by atoms with Gasteiger partial charge in [0.1, 0.15) is 0 Å². The number of para-hydroxylation sites is 4. The van der Waals surface area contributed by atoms with E-state index >= 15 is 0 Å². The Morgan fingerprint density at radius 2 is 0.500 bits per heavy atom. The van der Waals surface area contributed by atoms with Gasteiger partial charge in [-0.15, -0.1) is 33.2 Å². The molecule has 8 rings (SSSR count). The number of aromatic nitrogens is 4. The molecule has 62 heavy (non-hydrogen) atoms. The third kappa shape index (κ3) is 30.8. The number of hydrogen-bond donors (Lipinski definition) is 1. The molecule has 0 bridgehead atoms. The molecule has 0 saturated heterocycles. The van der Waals surface area contributed by atoms with E-state index in [9.17, 15) is 20.4 Å². The Kier molecular flexibility index (Phi) is 35.3. The number of pyridine rings is 4. The van der Waals surface area contributed by atoms with E-state index in [-0.39, 0.29) is 63.7 Å². The van der Waals surface area contributed by atoms with E-state index < -0.39 is 10.2 Å². The van der Waals surface area contributed by atoms with Gasteiger partial charge in [-0.3, -0.25) is 19.9 Å². The van der Waals surface area contributed by atoms with Crippen LogP contribution in [0.15, 0.2) is 219 Å². The zero-order valence-electron chi connectivity index (χ0n) is 33.1. The Hall–Kier alpha value is -6.19. The van der Waals surface area contributed by atoms with E-state index in [1.54, 1.807) is 129 Å². The van der Waals surface area contributed by atoms with Gasteiger partial charge in [0.05, 0.1) is 0 Å². The molecule has 4 heterocycles. The minimum absolute atomic E-state index is 0. The Morgan fingerprint density at radius 1 is 0.355 bits per heavy atom. The first-order chi connectivity index (χ1) is 29.0. The molecule has 4 aromatic heterocycles. The largest absolute Gasteiger partial charge is 3.00 e. The molecule has 16 heteroatoms. The molecule has 1 radical (unpaired) electrons. The van der Waals surface area contributed by atoms with E-state index in [2.05, 4.69) is 19.9 Å². The molecule has 0 aliphatic carbocycles. The Morgan fingerprint density at radius 3 is 0.597 bits per heavy atom. The van der Waals surface area contributed by atoms with E-state index in [4.69, 9.17) is 23.7 Å². The first kappa shape index (κ1) is 57.9. The van der Waals surface area contributed by atoms with Crippen LogP contribution >= 0.6 is 0 Å². The smallest absolute Gasteiger partial charge is 0.872 e. The van der Waals surface area contributed by atoms with Crippen molar-refractivity contribution in [3.8, 4) is 45.3 Å². The van der Waals surface area contributed by atoms with Gasteiger partial charge in [0, 0.05) is 56.2 Å². The van der Waals surface area contributed by atoms with Crippen molar-refractivity contribution in [2.75, 3.05) is 6.61 Å². The molecule has 0 unspecified atom stereocenters. The molecule has 0 fully saturated rings. The first-order valence-electron chi connectivity index (χ1n) is 17.7. The average Bonchev–Trinajstić information content (AvgIpc) is 3.28. The summed E-state index contributed by atoms with van der Waals surface area (Å²) in [5, 5.41) is 53.3. The molecule has 4 aromatic carbocycles. The number of hydrogen-bond acceptors (Lipinski definition) is 13. The van der Waals surface area contributed by atoms with Crippen molar-refractivity contribution in [2.24, 2.45) is 0 Å². The maximum absolute atomic E-state index is 11.4. The van der Waals surface area contributed by atoms with E-state index in [0.717, 1.165) is 0 Å². The van der Waals surface area contributed by atoms with Gasteiger partial charge < -0.3 is 25.5 Å². The minimum atomic E-state index is -4.94. The molecule has 0 atom stereocenters. The van der Waals surface area contributed by atoms with Crippen LogP contribution in [0.2, 0.25) is 0 Å². The fraction of sp³-hybridized carbons (Fsp3) is 0.0435. The molecule has 0 aliphatic rings. The predicted octanol–water partition coefficient (Wildman–Crippen LogP) is 2.57. The zero-order valence-corrected chi connectivity index (χ0v) is 35.9. The fourth-order valence-electron chi connectivity index (χ4n) is 4.01. The second-order valence-electron chi connectivity index (χ2n) is 10.8. The summed E-state index contributed by atoms with van der Waals surface area (Å²) in [4.78, 5) is 15.1. The third-order valence-electron chi connectivity index (χ3n) is 6.39. The molecule has 1 N–H and O–H groups in total. The Bertz CT molecular complexity index is 1780. The molecule has 0 amide bonds. The number of benzene rings is 4. The van der Waals surface area contributed by atoms with Gasteiger partial charge in [0.15, 0.2) is 0 Å². The summed E-state index contributed by atoms with van der Waals surface area (Å²) in [5.41, 5.74) is 1.88. The number of rotatable bonds is 2. The molecule has 0 aliphatic heterocycles. The standard InChI is InChI=1S/2C12H10O2.4C5H5N.C2H6O.ClHO4.Cu.Mn/c2*13-11-7-3-1-5-9(11)10-6-2-4-8-12(10)14;4*1-2-4-6-5-3-1;1-2-3;2-1(3,4)5;;/h2*1-8,13-14H;4*1-5H;3H,2H2,1H3;(H,2,3,4,5);;/q;;;;;;;;+2;+3/p-5. The van der Waals surface area contributed by atoms with Crippen molar-refractivity contribution in [1.29, 1.82) is 0 Å². The summed E-state index contributed by atoms with van der Waals surface area (Å²) in [6, 6.07) is 49.0. The van der Waals surface area contributed by atoms with Crippen molar-refractivity contribution in [1.82, 2.24) is 19.9 Å². The number of aliphatic hydroxyl groups is 1. The summed E-state index contributed by atoms with van der Waals surface area (Å²) in [5.74, 6) is -0.460. The van der Waals surface area contributed by atoms with Crippen molar-refractivity contribution < 1.29 is 88.5 Å². The minimum Gasteiger partial charge on any atom is -0.872 e. The molecule has 0 spiro atoms. The Balaban J connectivity index is 0. The summed E-state index contributed by atoms with van der Waals surface area (Å²) in [6.45, 7) is 1.93. The summed E-state index contributed by atoms with van der Waals surface area (Å²) >= 11 is 0. The van der Waals surface area contributed by atoms with Crippen LogP contribution < -0.4 is 39.1 Å². The van der Waals surface area contributed by atoms with E-state index in [1.807, 2.05) is 72.8 Å². The van der Waals surface area contributed by atoms with E-state index in [1.165, 1.54) is 24.3 Å². The van der Waals surface area contributed by atoms with Crippen LogP contribution in [0.5, 0.6) is 23.0 Å².